The quantitative estimate of drug-likeness (QED) is 0.537. The molecule has 0 aliphatic rings. The summed E-state index contributed by atoms with van der Waals surface area (Å²) in [5.74, 6) is 2.15. The number of anilines is 1. The van der Waals surface area contributed by atoms with Crippen LogP contribution in [0, 0.1) is 0 Å². The first kappa shape index (κ1) is 16.6. The van der Waals surface area contributed by atoms with E-state index >= 15 is 0 Å². The molecule has 26 heavy (non-hydrogen) atoms. The van der Waals surface area contributed by atoms with Crippen molar-refractivity contribution in [1.29, 1.82) is 0 Å². The van der Waals surface area contributed by atoms with Gasteiger partial charge in [0.1, 0.15) is 17.8 Å². The van der Waals surface area contributed by atoms with E-state index in [0.717, 1.165) is 38.1 Å². The molecule has 2 aromatic heterocycles. The predicted molar refractivity (Wildman–Crippen MR) is 103 cm³/mol. The molecule has 0 radical (unpaired) electrons. The monoisotopic (exact) mass is 413 g/mol. The van der Waals surface area contributed by atoms with Crippen LogP contribution in [0.3, 0.4) is 0 Å². The van der Waals surface area contributed by atoms with Crippen molar-refractivity contribution >= 4 is 38.4 Å². The van der Waals surface area contributed by atoms with Crippen molar-refractivity contribution in [2.75, 3.05) is 19.5 Å². The molecule has 0 saturated carbocycles. The third-order valence-electron chi connectivity index (χ3n) is 4.06. The number of halogens is 1. The number of nitrogens with zero attached hydrogens (tertiary/aromatic N) is 4. The zero-order chi connectivity index (χ0) is 18.1. The molecule has 0 bridgehead atoms. The molecule has 0 amide bonds. The van der Waals surface area contributed by atoms with E-state index in [9.17, 15) is 0 Å². The lowest BCUT2D eigenvalue weighted by Crippen LogP contribution is -2.07. The van der Waals surface area contributed by atoms with Crippen LogP contribution < -0.4 is 14.8 Å². The second-order valence-electron chi connectivity index (χ2n) is 5.70. The van der Waals surface area contributed by atoms with Crippen molar-refractivity contribution in [1.82, 2.24) is 19.6 Å². The molecular formula is C18H16BrN5O2. The third kappa shape index (κ3) is 3.03. The van der Waals surface area contributed by atoms with Crippen LogP contribution in [0.5, 0.6) is 11.5 Å². The summed E-state index contributed by atoms with van der Waals surface area (Å²) in [6.07, 6.45) is 1.65. The van der Waals surface area contributed by atoms with Crippen LogP contribution in [0.25, 0.3) is 16.6 Å². The largest absolute Gasteiger partial charge is 0.497 e. The first-order valence-electron chi connectivity index (χ1n) is 7.93. The summed E-state index contributed by atoms with van der Waals surface area (Å²) in [7, 11) is 3.27. The fourth-order valence-electron chi connectivity index (χ4n) is 2.80. The zero-order valence-corrected chi connectivity index (χ0v) is 15.8. The van der Waals surface area contributed by atoms with E-state index < -0.39 is 0 Å². The van der Waals surface area contributed by atoms with Crippen molar-refractivity contribution in [2.45, 2.75) is 6.54 Å². The van der Waals surface area contributed by atoms with E-state index in [2.05, 4.69) is 31.4 Å². The second kappa shape index (κ2) is 6.80. The number of benzene rings is 2. The molecule has 0 fully saturated rings. The van der Waals surface area contributed by atoms with Gasteiger partial charge in [-0.1, -0.05) is 15.9 Å². The third-order valence-corrected chi connectivity index (χ3v) is 4.56. The molecule has 0 spiro atoms. The standard InChI is InChI=1S/C18H16BrN5O2/c1-25-13-5-11(6-14(8-13)26-2)9-20-18-22-16-4-3-12(19)7-15(16)17-23-21-10-24(17)18/h3-8,10H,9H2,1-2H3,(H,20,22). The van der Waals surface area contributed by atoms with Crippen LogP contribution in [0.15, 0.2) is 47.2 Å². The molecule has 0 aliphatic carbocycles. The Morgan fingerprint density at radius 3 is 2.58 bits per heavy atom. The van der Waals surface area contributed by atoms with Gasteiger partial charge >= 0.3 is 0 Å². The van der Waals surface area contributed by atoms with Gasteiger partial charge in [0.05, 0.1) is 19.7 Å². The highest BCUT2D eigenvalue weighted by Gasteiger charge is 2.11. The number of nitrogens with one attached hydrogen (secondary N) is 1. The van der Waals surface area contributed by atoms with Crippen molar-refractivity contribution in [3.63, 3.8) is 0 Å². The molecule has 1 N–H and O–H groups in total. The van der Waals surface area contributed by atoms with Gasteiger partial charge in [0.15, 0.2) is 5.65 Å². The van der Waals surface area contributed by atoms with E-state index in [-0.39, 0.29) is 0 Å². The molecule has 4 aromatic rings. The lowest BCUT2D eigenvalue weighted by molar-refractivity contribution is 0.393. The predicted octanol–water partition coefficient (Wildman–Crippen LogP) is 3.67. The van der Waals surface area contributed by atoms with E-state index in [0.29, 0.717) is 12.5 Å². The number of aromatic nitrogens is 4. The van der Waals surface area contributed by atoms with Gasteiger partial charge in [0.25, 0.3) is 0 Å². The Balaban J connectivity index is 1.71. The van der Waals surface area contributed by atoms with Crippen LogP contribution in [0.4, 0.5) is 5.95 Å². The molecule has 4 rings (SSSR count). The van der Waals surface area contributed by atoms with Gasteiger partial charge in [0.2, 0.25) is 5.95 Å². The summed E-state index contributed by atoms with van der Waals surface area (Å²) in [5.41, 5.74) is 2.61. The summed E-state index contributed by atoms with van der Waals surface area (Å²) in [6, 6.07) is 11.7. The number of methoxy groups -OCH3 is 2. The molecule has 0 atom stereocenters. The van der Waals surface area contributed by atoms with Crippen molar-refractivity contribution in [3.05, 3.63) is 52.8 Å². The Bertz CT molecular complexity index is 1070. The Labute approximate surface area is 158 Å². The Kier molecular flexibility index (Phi) is 4.34. The van der Waals surface area contributed by atoms with E-state index in [4.69, 9.17) is 14.5 Å². The highest BCUT2D eigenvalue weighted by atomic mass is 79.9. The zero-order valence-electron chi connectivity index (χ0n) is 14.2. The molecule has 132 valence electrons. The van der Waals surface area contributed by atoms with Crippen LogP contribution in [-0.2, 0) is 6.54 Å². The van der Waals surface area contributed by atoms with Crippen LogP contribution in [-0.4, -0.2) is 33.8 Å². The summed E-state index contributed by atoms with van der Waals surface area (Å²) in [4.78, 5) is 4.71. The smallest absolute Gasteiger partial charge is 0.210 e. The highest BCUT2D eigenvalue weighted by Crippen LogP contribution is 2.25. The van der Waals surface area contributed by atoms with Crippen LogP contribution in [0.2, 0.25) is 0 Å². The minimum atomic E-state index is 0.551. The molecule has 7 nitrogen and oxygen atoms in total. The van der Waals surface area contributed by atoms with Gasteiger partial charge in [-0.2, -0.15) is 0 Å². The van der Waals surface area contributed by atoms with Crippen LogP contribution in [0.1, 0.15) is 5.56 Å². The van der Waals surface area contributed by atoms with Gasteiger partial charge in [-0.05, 0) is 35.9 Å². The van der Waals surface area contributed by atoms with Crippen molar-refractivity contribution < 1.29 is 9.47 Å². The average molecular weight is 414 g/mol. The highest BCUT2D eigenvalue weighted by molar-refractivity contribution is 9.10. The lowest BCUT2D eigenvalue weighted by Gasteiger charge is -2.12. The molecule has 0 aliphatic heterocycles. The first-order chi connectivity index (χ1) is 12.7. The lowest BCUT2D eigenvalue weighted by atomic mass is 10.2. The fourth-order valence-corrected chi connectivity index (χ4v) is 3.16. The first-order valence-corrected chi connectivity index (χ1v) is 8.72. The normalized spacial score (nSPS) is 11.0. The van der Waals surface area contributed by atoms with E-state index in [1.165, 1.54) is 0 Å². The van der Waals surface area contributed by atoms with Crippen molar-refractivity contribution in [3.8, 4) is 11.5 Å². The number of hydrogen-bond donors (Lipinski definition) is 1. The van der Waals surface area contributed by atoms with E-state index in [1.807, 2.05) is 40.8 Å². The molecule has 8 heteroatoms. The van der Waals surface area contributed by atoms with Gasteiger partial charge < -0.3 is 14.8 Å². The Hall–Kier alpha value is -2.87. The molecule has 2 aromatic carbocycles. The van der Waals surface area contributed by atoms with Gasteiger partial charge in [-0.3, -0.25) is 4.40 Å². The number of fused-ring (bicyclic) bond motifs is 3. The number of hydrogen-bond acceptors (Lipinski definition) is 6. The van der Waals surface area contributed by atoms with Gasteiger partial charge in [-0.25, -0.2) is 4.98 Å². The van der Waals surface area contributed by atoms with Crippen LogP contribution >= 0.6 is 15.9 Å². The van der Waals surface area contributed by atoms with Gasteiger partial charge in [0, 0.05) is 22.5 Å². The summed E-state index contributed by atoms with van der Waals surface area (Å²) >= 11 is 3.49. The molecule has 0 saturated heterocycles. The summed E-state index contributed by atoms with van der Waals surface area (Å²) in [6.45, 7) is 0.551. The van der Waals surface area contributed by atoms with Crippen molar-refractivity contribution in [2.24, 2.45) is 0 Å². The maximum Gasteiger partial charge on any atom is 0.210 e. The maximum atomic E-state index is 5.32. The molecule has 0 unspecified atom stereocenters. The van der Waals surface area contributed by atoms with E-state index in [1.54, 1.807) is 20.5 Å². The second-order valence-corrected chi connectivity index (χ2v) is 6.61. The summed E-state index contributed by atoms with van der Waals surface area (Å²) < 4.78 is 13.5. The summed E-state index contributed by atoms with van der Waals surface area (Å²) in [5, 5.41) is 12.5. The fraction of sp³-hybridized carbons (Fsp3) is 0.167. The van der Waals surface area contributed by atoms with Gasteiger partial charge in [-0.15, -0.1) is 10.2 Å². The minimum absolute atomic E-state index is 0.551. The SMILES string of the molecule is COc1cc(CNc2nc3ccc(Br)cc3c3nncn23)cc(OC)c1. The molecule has 2 heterocycles. The Morgan fingerprint density at radius 1 is 1.08 bits per heavy atom. The Morgan fingerprint density at radius 2 is 1.85 bits per heavy atom. The number of rotatable bonds is 5. The minimum Gasteiger partial charge on any atom is -0.497 e. The topological polar surface area (TPSA) is 73.6 Å². The maximum absolute atomic E-state index is 5.32. The average Bonchev–Trinajstić information content (AvgIpc) is 3.16. The number of ether oxygens (including phenoxy) is 2. The molecular weight excluding hydrogens is 398 g/mol.